The standard InChI is InChI=1S/C21H31N3O2S/c1-4-23(5-2)14-15-24(20(25)16-10-7-8-11-16)21-22-19-17(26-6-3)12-9-13-18(19)27-21/h9,12-13,16H,4-8,10-11,14-15H2,1-3H3. The highest BCUT2D eigenvalue weighted by Gasteiger charge is 2.30. The number of carbonyl (C=O) groups is 1. The fourth-order valence-corrected chi connectivity index (χ4v) is 4.79. The van der Waals surface area contributed by atoms with Crippen molar-refractivity contribution >= 4 is 32.6 Å². The number of amides is 1. The second-order valence-electron chi connectivity index (χ2n) is 7.03. The number of hydrogen-bond donors (Lipinski definition) is 0. The molecule has 0 bridgehead atoms. The van der Waals surface area contributed by atoms with Crippen molar-refractivity contribution in [2.75, 3.05) is 37.7 Å². The van der Waals surface area contributed by atoms with Crippen LogP contribution in [0.1, 0.15) is 46.5 Å². The number of fused-ring (bicyclic) bond motifs is 1. The number of rotatable bonds is 9. The Labute approximate surface area is 166 Å². The van der Waals surface area contributed by atoms with Gasteiger partial charge >= 0.3 is 0 Å². The van der Waals surface area contributed by atoms with Crippen LogP contribution in [0.15, 0.2) is 18.2 Å². The summed E-state index contributed by atoms with van der Waals surface area (Å²) in [5, 5.41) is 0.807. The predicted molar refractivity (Wildman–Crippen MR) is 113 cm³/mol. The molecule has 6 heteroatoms. The van der Waals surface area contributed by atoms with E-state index in [0.29, 0.717) is 13.2 Å². The Morgan fingerprint density at radius 1 is 1.19 bits per heavy atom. The monoisotopic (exact) mass is 389 g/mol. The first-order valence-corrected chi connectivity index (χ1v) is 11.1. The lowest BCUT2D eigenvalue weighted by Crippen LogP contribution is -2.41. The van der Waals surface area contributed by atoms with E-state index in [9.17, 15) is 4.79 Å². The summed E-state index contributed by atoms with van der Waals surface area (Å²) in [5.74, 6) is 1.20. The molecule has 1 aliphatic carbocycles. The molecule has 1 aromatic carbocycles. The van der Waals surface area contributed by atoms with Crippen LogP contribution in [-0.2, 0) is 4.79 Å². The summed E-state index contributed by atoms with van der Waals surface area (Å²) in [6.45, 7) is 10.5. The fourth-order valence-electron chi connectivity index (χ4n) is 3.77. The summed E-state index contributed by atoms with van der Waals surface area (Å²) in [6, 6.07) is 6.00. The maximum Gasteiger partial charge on any atom is 0.231 e. The Balaban J connectivity index is 1.90. The quantitative estimate of drug-likeness (QED) is 0.631. The van der Waals surface area contributed by atoms with Crippen molar-refractivity contribution in [1.29, 1.82) is 0 Å². The van der Waals surface area contributed by atoms with Gasteiger partial charge in [0.15, 0.2) is 5.13 Å². The van der Waals surface area contributed by atoms with E-state index in [1.54, 1.807) is 11.3 Å². The maximum absolute atomic E-state index is 13.3. The number of para-hydroxylation sites is 1. The molecule has 1 aromatic heterocycles. The molecule has 2 aromatic rings. The van der Waals surface area contributed by atoms with Gasteiger partial charge in [-0.25, -0.2) is 4.98 Å². The van der Waals surface area contributed by atoms with Gasteiger partial charge in [0.1, 0.15) is 11.3 Å². The summed E-state index contributed by atoms with van der Waals surface area (Å²) in [4.78, 5) is 22.4. The van der Waals surface area contributed by atoms with Crippen LogP contribution in [-0.4, -0.2) is 48.6 Å². The molecule has 1 fully saturated rings. The van der Waals surface area contributed by atoms with E-state index in [4.69, 9.17) is 9.72 Å². The van der Waals surface area contributed by atoms with E-state index in [1.807, 2.05) is 24.0 Å². The van der Waals surface area contributed by atoms with Crippen LogP contribution in [0.4, 0.5) is 5.13 Å². The molecule has 0 atom stereocenters. The molecule has 0 spiro atoms. The number of thiazole rings is 1. The predicted octanol–water partition coefficient (Wildman–Crippen LogP) is 4.56. The Morgan fingerprint density at radius 2 is 1.93 bits per heavy atom. The summed E-state index contributed by atoms with van der Waals surface area (Å²) in [5.41, 5.74) is 0.867. The van der Waals surface area contributed by atoms with E-state index >= 15 is 0 Å². The molecular weight excluding hydrogens is 358 g/mol. The van der Waals surface area contributed by atoms with Gasteiger partial charge in [0.05, 0.1) is 11.3 Å². The van der Waals surface area contributed by atoms with Crippen LogP contribution in [0.5, 0.6) is 5.75 Å². The maximum atomic E-state index is 13.3. The fraction of sp³-hybridized carbons (Fsp3) is 0.619. The number of carbonyl (C=O) groups excluding carboxylic acids is 1. The van der Waals surface area contributed by atoms with Crippen molar-refractivity contribution in [3.05, 3.63) is 18.2 Å². The van der Waals surface area contributed by atoms with Gasteiger partial charge in [0.2, 0.25) is 5.91 Å². The Morgan fingerprint density at radius 3 is 2.59 bits per heavy atom. The van der Waals surface area contributed by atoms with Crippen LogP contribution in [0.3, 0.4) is 0 Å². The first-order valence-electron chi connectivity index (χ1n) is 10.2. The van der Waals surface area contributed by atoms with Gasteiger partial charge in [-0.05, 0) is 45.0 Å². The molecular formula is C21H31N3O2S. The molecule has 27 heavy (non-hydrogen) atoms. The number of anilines is 1. The normalized spacial score (nSPS) is 15.0. The van der Waals surface area contributed by atoms with Crippen molar-refractivity contribution < 1.29 is 9.53 Å². The molecule has 0 N–H and O–H groups in total. The minimum Gasteiger partial charge on any atom is -0.492 e. The Hall–Kier alpha value is -1.66. The number of nitrogens with zero attached hydrogens (tertiary/aromatic N) is 3. The second kappa shape index (κ2) is 9.51. The third-order valence-corrected chi connectivity index (χ3v) is 6.45. The smallest absolute Gasteiger partial charge is 0.231 e. The number of hydrogen-bond acceptors (Lipinski definition) is 5. The summed E-state index contributed by atoms with van der Waals surface area (Å²) in [7, 11) is 0. The van der Waals surface area contributed by atoms with Gasteiger partial charge in [-0.15, -0.1) is 0 Å². The van der Waals surface area contributed by atoms with Crippen molar-refractivity contribution in [2.24, 2.45) is 5.92 Å². The summed E-state index contributed by atoms with van der Waals surface area (Å²) < 4.78 is 6.81. The van der Waals surface area contributed by atoms with E-state index in [1.165, 1.54) is 0 Å². The lowest BCUT2D eigenvalue weighted by Gasteiger charge is -2.26. The van der Waals surface area contributed by atoms with Crippen molar-refractivity contribution in [1.82, 2.24) is 9.88 Å². The molecule has 0 unspecified atom stereocenters. The number of aromatic nitrogens is 1. The minimum absolute atomic E-state index is 0.153. The number of likely N-dealkylation sites (N-methyl/N-ethyl adjacent to an activating group) is 1. The molecule has 1 heterocycles. The molecule has 0 aliphatic heterocycles. The van der Waals surface area contributed by atoms with E-state index < -0.39 is 0 Å². The van der Waals surface area contributed by atoms with Crippen LogP contribution in [0.2, 0.25) is 0 Å². The lowest BCUT2D eigenvalue weighted by molar-refractivity contribution is -0.122. The zero-order valence-electron chi connectivity index (χ0n) is 16.7. The second-order valence-corrected chi connectivity index (χ2v) is 8.04. The van der Waals surface area contributed by atoms with Crippen molar-refractivity contribution in [2.45, 2.75) is 46.5 Å². The van der Waals surface area contributed by atoms with Crippen molar-refractivity contribution in [3.63, 3.8) is 0 Å². The minimum atomic E-state index is 0.153. The SMILES string of the molecule is CCOc1cccc2sc(N(CCN(CC)CC)C(=O)C3CCCC3)nc12. The lowest BCUT2D eigenvalue weighted by atomic mass is 10.1. The van der Waals surface area contributed by atoms with Crippen LogP contribution in [0.25, 0.3) is 10.2 Å². The topological polar surface area (TPSA) is 45.7 Å². The van der Waals surface area contributed by atoms with Crippen molar-refractivity contribution in [3.8, 4) is 5.75 Å². The van der Waals surface area contributed by atoms with Crippen LogP contribution < -0.4 is 9.64 Å². The van der Waals surface area contributed by atoms with Gasteiger partial charge in [-0.1, -0.05) is 44.1 Å². The highest BCUT2D eigenvalue weighted by Crippen LogP contribution is 2.36. The Kier molecular flexibility index (Phi) is 7.07. The third-order valence-electron chi connectivity index (χ3n) is 5.41. The highest BCUT2D eigenvalue weighted by molar-refractivity contribution is 7.22. The molecule has 148 valence electrons. The van der Waals surface area contributed by atoms with Gasteiger partial charge in [-0.3, -0.25) is 9.69 Å². The number of ether oxygens (including phenoxy) is 1. The van der Waals surface area contributed by atoms with E-state index in [2.05, 4.69) is 24.8 Å². The number of benzene rings is 1. The largest absolute Gasteiger partial charge is 0.492 e. The molecule has 1 amide bonds. The Bertz CT molecular complexity index is 751. The van der Waals surface area contributed by atoms with E-state index in [0.717, 1.165) is 66.4 Å². The molecule has 0 radical (unpaired) electrons. The third kappa shape index (κ3) is 4.61. The molecule has 5 nitrogen and oxygen atoms in total. The van der Waals surface area contributed by atoms with Gasteiger partial charge in [-0.2, -0.15) is 0 Å². The van der Waals surface area contributed by atoms with Crippen LogP contribution in [0, 0.1) is 5.92 Å². The zero-order valence-corrected chi connectivity index (χ0v) is 17.6. The summed E-state index contributed by atoms with van der Waals surface area (Å²) in [6.07, 6.45) is 4.34. The first-order chi connectivity index (χ1) is 13.2. The van der Waals surface area contributed by atoms with Gasteiger partial charge in [0, 0.05) is 19.0 Å². The average molecular weight is 390 g/mol. The zero-order chi connectivity index (χ0) is 19.2. The molecule has 0 saturated heterocycles. The molecule has 1 saturated carbocycles. The average Bonchev–Trinajstić information content (AvgIpc) is 3.35. The highest BCUT2D eigenvalue weighted by atomic mass is 32.1. The molecule has 1 aliphatic rings. The van der Waals surface area contributed by atoms with Gasteiger partial charge in [0.25, 0.3) is 0 Å². The van der Waals surface area contributed by atoms with E-state index in [-0.39, 0.29) is 11.8 Å². The first kappa shape index (κ1) is 20.1. The molecule has 3 rings (SSSR count). The van der Waals surface area contributed by atoms with Gasteiger partial charge < -0.3 is 9.64 Å². The summed E-state index contributed by atoms with van der Waals surface area (Å²) >= 11 is 1.59. The van der Waals surface area contributed by atoms with Crippen LogP contribution >= 0.6 is 11.3 Å².